The van der Waals surface area contributed by atoms with Gasteiger partial charge in [0.25, 0.3) is 0 Å². The zero-order chi connectivity index (χ0) is 22.3. The Morgan fingerprint density at radius 2 is 1.77 bits per heavy atom. The van der Waals surface area contributed by atoms with Crippen molar-refractivity contribution in [1.82, 2.24) is 9.80 Å². The number of aliphatic hydroxyl groups is 2. The molecular weight excluding hydrogens is 396 g/mol. The van der Waals surface area contributed by atoms with Crippen molar-refractivity contribution in [3.63, 3.8) is 0 Å². The van der Waals surface area contributed by atoms with Gasteiger partial charge in [-0.2, -0.15) is 0 Å². The van der Waals surface area contributed by atoms with E-state index in [4.69, 9.17) is 19.3 Å². The number of rotatable bonds is 11. The third-order valence-electron chi connectivity index (χ3n) is 5.57. The second-order valence-electron chi connectivity index (χ2n) is 8.26. The molecule has 1 atom stereocenters. The SMILES string of the molecule is COc1ccc(CN(C)C[C@@]2(O)CCN(Cc3ccc(OCCO)c(OC)c3)C2)cc1. The minimum atomic E-state index is -0.727. The minimum Gasteiger partial charge on any atom is -0.497 e. The lowest BCUT2D eigenvalue weighted by atomic mass is 10.0. The highest BCUT2D eigenvalue weighted by Gasteiger charge is 2.36. The maximum atomic E-state index is 11.1. The molecule has 0 saturated carbocycles. The van der Waals surface area contributed by atoms with Crippen LogP contribution in [0.5, 0.6) is 17.2 Å². The number of aliphatic hydroxyl groups excluding tert-OH is 1. The molecule has 1 saturated heterocycles. The van der Waals surface area contributed by atoms with Gasteiger partial charge in [-0.05, 0) is 48.9 Å². The number of hydrogen-bond donors (Lipinski definition) is 2. The summed E-state index contributed by atoms with van der Waals surface area (Å²) in [6, 6.07) is 13.9. The van der Waals surface area contributed by atoms with Crippen LogP contribution in [0.2, 0.25) is 0 Å². The molecule has 0 radical (unpaired) electrons. The van der Waals surface area contributed by atoms with Gasteiger partial charge in [-0.1, -0.05) is 18.2 Å². The van der Waals surface area contributed by atoms with Gasteiger partial charge >= 0.3 is 0 Å². The second kappa shape index (κ2) is 10.8. The molecule has 2 aromatic carbocycles. The molecule has 7 nitrogen and oxygen atoms in total. The highest BCUT2D eigenvalue weighted by molar-refractivity contribution is 5.43. The van der Waals surface area contributed by atoms with Crippen molar-refractivity contribution in [2.24, 2.45) is 0 Å². The van der Waals surface area contributed by atoms with Crippen molar-refractivity contribution >= 4 is 0 Å². The maximum Gasteiger partial charge on any atom is 0.161 e. The summed E-state index contributed by atoms with van der Waals surface area (Å²) >= 11 is 0. The normalized spacial score (nSPS) is 19.0. The van der Waals surface area contributed by atoms with Crippen molar-refractivity contribution in [3.8, 4) is 17.2 Å². The molecule has 2 aromatic rings. The van der Waals surface area contributed by atoms with E-state index in [-0.39, 0.29) is 13.2 Å². The van der Waals surface area contributed by atoms with Crippen LogP contribution in [0.25, 0.3) is 0 Å². The summed E-state index contributed by atoms with van der Waals surface area (Å²) < 4.78 is 16.1. The quantitative estimate of drug-likeness (QED) is 0.566. The van der Waals surface area contributed by atoms with Crippen LogP contribution in [0.15, 0.2) is 42.5 Å². The largest absolute Gasteiger partial charge is 0.497 e. The predicted molar refractivity (Wildman–Crippen MR) is 120 cm³/mol. The molecule has 0 aromatic heterocycles. The molecule has 3 rings (SSSR count). The third kappa shape index (κ3) is 6.58. The van der Waals surface area contributed by atoms with Gasteiger partial charge in [0.15, 0.2) is 11.5 Å². The van der Waals surface area contributed by atoms with E-state index < -0.39 is 5.60 Å². The molecule has 7 heteroatoms. The fourth-order valence-corrected chi connectivity index (χ4v) is 4.15. The molecule has 1 aliphatic rings. The Labute approximate surface area is 184 Å². The van der Waals surface area contributed by atoms with E-state index in [2.05, 4.69) is 21.9 Å². The fraction of sp³-hybridized carbons (Fsp3) is 0.500. The van der Waals surface area contributed by atoms with Crippen LogP contribution in [0.1, 0.15) is 17.5 Å². The Hall–Kier alpha value is -2.32. The minimum absolute atomic E-state index is 0.0375. The van der Waals surface area contributed by atoms with E-state index in [1.807, 2.05) is 37.4 Å². The smallest absolute Gasteiger partial charge is 0.161 e. The number of nitrogens with zero attached hydrogens (tertiary/aromatic N) is 2. The molecule has 31 heavy (non-hydrogen) atoms. The highest BCUT2D eigenvalue weighted by atomic mass is 16.5. The summed E-state index contributed by atoms with van der Waals surface area (Å²) in [4.78, 5) is 4.44. The lowest BCUT2D eigenvalue weighted by Gasteiger charge is -2.29. The number of hydrogen-bond acceptors (Lipinski definition) is 7. The van der Waals surface area contributed by atoms with Crippen LogP contribution >= 0.6 is 0 Å². The summed E-state index contributed by atoms with van der Waals surface area (Å²) in [5.41, 5.74) is 1.57. The molecule has 1 aliphatic heterocycles. The summed E-state index contributed by atoms with van der Waals surface area (Å²) in [7, 11) is 5.32. The maximum absolute atomic E-state index is 11.1. The van der Waals surface area contributed by atoms with Gasteiger partial charge in [0.1, 0.15) is 12.4 Å². The Morgan fingerprint density at radius 1 is 1.03 bits per heavy atom. The van der Waals surface area contributed by atoms with Gasteiger partial charge in [-0.3, -0.25) is 9.80 Å². The number of benzene rings is 2. The number of likely N-dealkylation sites (N-methyl/N-ethyl adjacent to an activating group) is 1. The molecular formula is C24H34N2O5. The molecule has 170 valence electrons. The lowest BCUT2D eigenvalue weighted by Crippen LogP contribution is -2.43. The summed E-state index contributed by atoms with van der Waals surface area (Å²) in [6.45, 7) is 3.80. The topological polar surface area (TPSA) is 74.6 Å². The lowest BCUT2D eigenvalue weighted by molar-refractivity contribution is 0.0162. The first-order valence-electron chi connectivity index (χ1n) is 10.6. The monoisotopic (exact) mass is 430 g/mol. The molecule has 0 amide bonds. The molecule has 0 unspecified atom stereocenters. The number of β-amino-alcohol motifs (C(OH)–C–C–N with tert-alkyl or cyclic N) is 1. The highest BCUT2D eigenvalue weighted by Crippen LogP contribution is 2.30. The molecule has 1 heterocycles. The Morgan fingerprint density at radius 3 is 2.45 bits per heavy atom. The first-order chi connectivity index (χ1) is 14.9. The number of ether oxygens (including phenoxy) is 3. The average molecular weight is 431 g/mol. The second-order valence-corrected chi connectivity index (χ2v) is 8.26. The van der Waals surface area contributed by atoms with E-state index in [1.165, 1.54) is 5.56 Å². The van der Waals surface area contributed by atoms with E-state index >= 15 is 0 Å². The van der Waals surface area contributed by atoms with Crippen molar-refractivity contribution in [2.75, 3.05) is 54.1 Å². The van der Waals surface area contributed by atoms with Crippen molar-refractivity contribution in [2.45, 2.75) is 25.1 Å². The molecule has 1 fully saturated rings. The van der Waals surface area contributed by atoms with E-state index in [0.29, 0.717) is 24.6 Å². The first-order valence-corrected chi connectivity index (χ1v) is 10.6. The van der Waals surface area contributed by atoms with Gasteiger partial charge in [-0.25, -0.2) is 0 Å². The van der Waals surface area contributed by atoms with Gasteiger partial charge in [0, 0.05) is 32.7 Å². The van der Waals surface area contributed by atoms with Crippen molar-refractivity contribution < 1.29 is 24.4 Å². The molecule has 0 aliphatic carbocycles. The molecule has 0 spiro atoms. The van der Waals surface area contributed by atoms with Crippen molar-refractivity contribution in [1.29, 1.82) is 0 Å². The predicted octanol–water partition coefficient (Wildman–Crippen LogP) is 2.14. The van der Waals surface area contributed by atoms with Crippen LogP contribution in [0.3, 0.4) is 0 Å². The average Bonchev–Trinajstić information content (AvgIpc) is 3.12. The van der Waals surface area contributed by atoms with E-state index in [0.717, 1.165) is 37.4 Å². The van der Waals surface area contributed by atoms with Crippen LogP contribution < -0.4 is 14.2 Å². The van der Waals surface area contributed by atoms with E-state index in [1.54, 1.807) is 14.2 Å². The summed E-state index contributed by atoms with van der Waals surface area (Å²) in [5, 5.41) is 20.1. The summed E-state index contributed by atoms with van der Waals surface area (Å²) in [6.07, 6.45) is 0.745. The molecule has 2 N–H and O–H groups in total. The zero-order valence-corrected chi connectivity index (χ0v) is 18.7. The van der Waals surface area contributed by atoms with Gasteiger partial charge in [0.05, 0.1) is 26.4 Å². The Balaban J connectivity index is 1.53. The number of methoxy groups -OCH3 is 2. The Bertz CT molecular complexity index is 829. The van der Waals surface area contributed by atoms with Crippen LogP contribution in [-0.4, -0.2) is 79.7 Å². The summed E-state index contributed by atoms with van der Waals surface area (Å²) in [5.74, 6) is 2.12. The zero-order valence-electron chi connectivity index (χ0n) is 18.7. The molecule has 0 bridgehead atoms. The standard InChI is InChI=1S/C24H34N2O5/c1-25(15-19-4-7-21(29-2)8-5-19)17-24(28)10-11-26(18-24)16-20-6-9-22(31-13-12-27)23(14-20)30-3/h4-9,14,27-28H,10-13,15-18H2,1-3H3/t24-/m0/s1. The first kappa shape index (κ1) is 23.3. The van der Waals surface area contributed by atoms with Gasteiger partial charge in [-0.15, -0.1) is 0 Å². The van der Waals surface area contributed by atoms with Crippen molar-refractivity contribution in [3.05, 3.63) is 53.6 Å². The van der Waals surface area contributed by atoms with Crippen LogP contribution in [0.4, 0.5) is 0 Å². The van der Waals surface area contributed by atoms with Gasteiger partial charge < -0.3 is 24.4 Å². The van der Waals surface area contributed by atoms with Crippen LogP contribution in [-0.2, 0) is 13.1 Å². The number of likely N-dealkylation sites (tertiary alicyclic amines) is 1. The Kier molecular flexibility index (Phi) is 8.15. The van der Waals surface area contributed by atoms with Crippen LogP contribution in [0, 0.1) is 0 Å². The fourth-order valence-electron chi connectivity index (χ4n) is 4.15. The van der Waals surface area contributed by atoms with Gasteiger partial charge in [0.2, 0.25) is 0 Å². The third-order valence-corrected chi connectivity index (χ3v) is 5.57. The van der Waals surface area contributed by atoms with E-state index in [9.17, 15) is 5.11 Å².